The Morgan fingerprint density at radius 1 is 0.958 bits per heavy atom. The molecule has 1 saturated carbocycles. The predicted molar refractivity (Wildman–Crippen MR) is 96.5 cm³/mol. The van der Waals surface area contributed by atoms with Crippen molar-refractivity contribution in [3.8, 4) is 0 Å². The average Bonchev–Trinajstić information content (AvgIpc) is 3.41. The Morgan fingerprint density at radius 2 is 1.62 bits per heavy atom. The van der Waals surface area contributed by atoms with Gasteiger partial charge >= 0.3 is 0 Å². The van der Waals surface area contributed by atoms with Gasteiger partial charge in [-0.3, -0.25) is 4.79 Å². The van der Waals surface area contributed by atoms with Gasteiger partial charge in [0.2, 0.25) is 0 Å². The molecule has 0 spiro atoms. The fourth-order valence-corrected chi connectivity index (χ4v) is 3.26. The smallest absolute Gasteiger partial charge is 0.142 e. The molecule has 120 valence electrons. The molecule has 3 atom stereocenters. The highest BCUT2D eigenvalue weighted by Gasteiger charge is 2.44. The number of rotatable bonds is 7. The number of allylic oxidation sites excluding steroid dienone is 3. The van der Waals surface area contributed by atoms with Gasteiger partial charge in [0.15, 0.2) is 0 Å². The highest BCUT2D eigenvalue weighted by Crippen LogP contribution is 2.51. The first-order valence-electron chi connectivity index (χ1n) is 8.22. The second-order valence-electron chi connectivity index (χ2n) is 6.14. The second kappa shape index (κ2) is 7.69. The van der Waals surface area contributed by atoms with Gasteiger partial charge in [0, 0.05) is 11.8 Å². The molecule has 0 N–H and O–H groups in total. The van der Waals surface area contributed by atoms with Gasteiger partial charge in [-0.05, 0) is 35.1 Å². The molecule has 2 nitrogen and oxygen atoms in total. The Balaban J connectivity index is 2.03. The molecular formula is C22H20O2. The first kappa shape index (κ1) is 16.1. The standard InChI is InChI=1S/C22H20O2/c23-13-7-12-19(14-17-8-3-1-4-9-17)22(21-15-20(21)16-24)18-10-5-2-6-11-18/h1-14,16,20-22H,15H2/b12-7+,19-14+. The third kappa shape index (κ3) is 3.77. The zero-order valence-corrected chi connectivity index (χ0v) is 13.4. The molecule has 1 aliphatic carbocycles. The minimum absolute atomic E-state index is 0.110. The van der Waals surface area contributed by atoms with E-state index in [1.54, 1.807) is 0 Å². The van der Waals surface area contributed by atoms with Crippen molar-refractivity contribution in [1.82, 2.24) is 0 Å². The zero-order chi connectivity index (χ0) is 16.8. The van der Waals surface area contributed by atoms with Crippen LogP contribution in [0.25, 0.3) is 6.08 Å². The van der Waals surface area contributed by atoms with Crippen molar-refractivity contribution in [3.05, 3.63) is 89.5 Å². The van der Waals surface area contributed by atoms with Crippen molar-refractivity contribution in [2.75, 3.05) is 0 Å². The lowest BCUT2D eigenvalue weighted by atomic mass is 9.84. The molecule has 2 aromatic carbocycles. The summed E-state index contributed by atoms with van der Waals surface area (Å²) in [5.41, 5.74) is 3.34. The third-order valence-corrected chi connectivity index (χ3v) is 4.51. The molecule has 24 heavy (non-hydrogen) atoms. The molecule has 0 aromatic heterocycles. The van der Waals surface area contributed by atoms with E-state index < -0.39 is 0 Å². The maximum Gasteiger partial charge on any atom is 0.142 e. The van der Waals surface area contributed by atoms with Crippen LogP contribution in [0, 0.1) is 11.8 Å². The molecule has 2 aromatic rings. The SMILES string of the molecule is O=C/C=C/C(=C\c1ccccc1)C(c1ccccc1)C1CC1C=O. The number of carbonyl (C=O) groups is 2. The van der Waals surface area contributed by atoms with Crippen LogP contribution in [0.15, 0.2) is 78.4 Å². The molecule has 3 unspecified atom stereocenters. The van der Waals surface area contributed by atoms with Crippen LogP contribution < -0.4 is 0 Å². The van der Waals surface area contributed by atoms with Crippen LogP contribution >= 0.6 is 0 Å². The Bertz CT molecular complexity index is 744. The lowest BCUT2D eigenvalue weighted by molar-refractivity contribution is -0.109. The van der Waals surface area contributed by atoms with E-state index in [-0.39, 0.29) is 11.8 Å². The van der Waals surface area contributed by atoms with E-state index in [2.05, 4.69) is 18.2 Å². The van der Waals surface area contributed by atoms with E-state index in [0.717, 1.165) is 30.1 Å². The van der Waals surface area contributed by atoms with E-state index in [1.165, 1.54) is 11.6 Å². The molecule has 0 heterocycles. The van der Waals surface area contributed by atoms with Crippen molar-refractivity contribution < 1.29 is 9.59 Å². The van der Waals surface area contributed by atoms with Crippen molar-refractivity contribution in [2.45, 2.75) is 12.3 Å². The van der Waals surface area contributed by atoms with E-state index in [0.29, 0.717) is 5.92 Å². The van der Waals surface area contributed by atoms with Crippen molar-refractivity contribution in [3.63, 3.8) is 0 Å². The van der Waals surface area contributed by atoms with Gasteiger partial charge in [-0.2, -0.15) is 0 Å². The maximum absolute atomic E-state index is 11.2. The summed E-state index contributed by atoms with van der Waals surface area (Å²) in [5.74, 6) is 0.535. The maximum atomic E-state index is 11.2. The van der Waals surface area contributed by atoms with Crippen LogP contribution in [0.5, 0.6) is 0 Å². The lowest BCUT2D eigenvalue weighted by Gasteiger charge is -2.19. The fraction of sp³-hybridized carbons (Fsp3) is 0.182. The third-order valence-electron chi connectivity index (χ3n) is 4.51. The Kier molecular flexibility index (Phi) is 5.17. The Labute approximate surface area is 142 Å². The molecule has 3 rings (SSSR count). The number of benzene rings is 2. The number of hydrogen-bond donors (Lipinski definition) is 0. The van der Waals surface area contributed by atoms with E-state index in [1.807, 2.05) is 54.6 Å². The van der Waals surface area contributed by atoms with E-state index in [9.17, 15) is 9.59 Å². The van der Waals surface area contributed by atoms with Gasteiger partial charge in [0.25, 0.3) is 0 Å². The molecule has 1 fully saturated rings. The molecule has 0 saturated heterocycles. The van der Waals surface area contributed by atoms with Crippen molar-refractivity contribution >= 4 is 18.6 Å². The minimum Gasteiger partial charge on any atom is -0.303 e. The van der Waals surface area contributed by atoms with Crippen LogP contribution in [-0.4, -0.2) is 12.6 Å². The van der Waals surface area contributed by atoms with Crippen LogP contribution in [-0.2, 0) is 9.59 Å². The Morgan fingerprint density at radius 3 is 2.21 bits per heavy atom. The normalized spacial score (nSPS) is 21.4. The van der Waals surface area contributed by atoms with Crippen LogP contribution in [0.4, 0.5) is 0 Å². The number of aldehydes is 2. The minimum atomic E-state index is 0.110. The first-order chi connectivity index (χ1) is 11.8. The van der Waals surface area contributed by atoms with Gasteiger partial charge in [0.05, 0.1) is 0 Å². The van der Waals surface area contributed by atoms with Gasteiger partial charge in [-0.15, -0.1) is 0 Å². The average molecular weight is 316 g/mol. The molecule has 0 bridgehead atoms. The lowest BCUT2D eigenvalue weighted by Crippen LogP contribution is -2.06. The summed E-state index contributed by atoms with van der Waals surface area (Å²) in [6.45, 7) is 0. The van der Waals surface area contributed by atoms with Gasteiger partial charge in [-0.25, -0.2) is 0 Å². The highest BCUT2D eigenvalue weighted by molar-refractivity contribution is 5.69. The van der Waals surface area contributed by atoms with Crippen LogP contribution in [0.2, 0.25) is 0 Å². The van der Waals surface area contributed by atoms with Crippen LogP contribution in [0.3, 0.4) is 0 Å². The van der Waals surface area contributed by atoms with E-state index >= 15 is 0 Å². The summed E-state index contributed by atoms with van der Waals surface area (Å²) < 4.78 is 0. The second-order valence-corrected chi connectivity index (χ2v) is 6.14. The summed E-state index contributed by atoms with van der Waals surface area (Å²) in [4.78, 5) is 22.1. The topological polar surface area (TPSA) is 34.1 Å². The molecule has 0 radical (unpaired) electrons. The number of hydrogen-bond acceptors (Lipinski definition) is 2. The summed E-state index contributed by atoms with van der Waals surface area (Å²) in [5, 5.41) is 0. The summed E-state index contributed by atoms with van der Waals surface area (Å²) in [7, 11) is 0. The largest absolute Gasteiger partial charge is 0.303 e. The quantitative estimate of drug-likeness (QED) is 0.430. The molecule has 0 aliphatic heterocycles. The highest BCUT2D eigenvalue weighted by atomic mass is 16.1. The molecule has 0 amide bonds. The van der Waals surface area contributed by atoms with Crippen LogP contribution in [0.1, 0.15) is 23.5 Å². The molecular weight excluding hydrogens is 296 g/mol. The zero-order valence-electron chi connectivity index (χ0n) is 13.4. The van der Waals surface area contributed by atoms with Gasteiger partial charge < -0.3 is 4.79 Å². The molecule has 1 aliphatic rings. The van der Waals surface area contributed by atoms with Crippen molar-refractivity contribution in [2.24, 2.45) is 11.8 Å². The van der Waals surface area contributed by atoms with Gasteiger partial charge in [0.1, 0.15) is 12.6 Å². The number of carbonyl (C=O) groups excluding carboxylic acids is 2. The van der Waals surface area contributed by atoms with E-state index in [4.69, 9.17) is 0 Å². The molecule has 2 heteroatoms. The summed E-state index contributed by atoms with van der Waals surface area (Å²) in [6.07, 6.45) is 8.28. The summed E-state index contributed by atoms with van der Waals surface area (Å²) >= 11 is 0. The van der Waals surface area contributed by atoms with Gasteiger partial charge in [-0.1, -0.05) is 72.8 Å². The monoisotopic (exact) mass is 316 g/mol. The predicted octanol–water partition coefficient (Wildman–Crippen LogP) is 4.44. The fourth-order valence-electron chi connectivity index (χ4n) is 3.26. The summed E-state index contributed by atoms with van der Waals surface area (Å²) in [6, 6.07) is 20.3. The first-order valence-corrected chi connectivity index (χ1v) is 8.22. The van der Waals surface area contributed by atoms with Crippen molar-refractivity contribution in [1.29, 1.82) is 0 Å². The Hall–Kier alpha value is -2.74.